The van der Waals surface area contributed by atoms with Gasteiger partial charge < -0.3 is 5.73 Å². The number of nitrogens with zero attached hydrogens (tertiary/aromatic N) is 1. The monoisotopic (exact) mass is 266 g/mol. The van der Waals surface area contributed by atoms with Crippen LogP contribution in [-0.4, -0.2) is 4.98 Å². The summed E-state index contributed by atoms with van der Waals surface area (Å²) in [6.45, 7) is 1.97. The van der Waals surface area contributed by atoms with E-state index in [9.17, 15) is 0 Å². The normalized spacial score (nSPS) is 12.5. The Morgan fingerprint density at radius 1 is 1.18 bits per heavy atom. The van der Waals surface area contributed by atoms with Crippen LogP contribution in [0.4, 0.5) is 0 Å². The first-order valence-corrected chi connectivity index (χ1v) is 5.96. The molecule has 2 aromatic rings. The molecule has 0 radical (unpaired) electrons. The average molecular weight is 267 g/mol. The van der Waals surface area contributed by atoms with E-state index in [-0.39, 0.29) is 6.04 Å². The van der Waals surface area contributed by atoms with Gasteiger partial charge in [0.1, 0.15) is 0 Å². The summed E-state index contributed by atoms with van der Waals surface area (Å²) >= 11 is 12.1. The first kappa shape index (κ1) is 12.4. The largest absolute Gasteiger partial charge is 0.320 e. The van der Waals surface area contributed by atoms with E-state index in [2.05, 4.69) is 4.98 Å². The molecule has 17 heavy (non-hydrogen) atoms. The SMILES string of the molecule is Cc1cnccc1C(N)c1cc(Cl)ccc1Cl. The van der Waals surface area contributed by atoms with E-state index in [4.69, 9.17) is 28.9 Å². The fourth-order valence-electron chi connectivity index (χ4n) is 1.75. The molecule has 0 saturated carbocycles. The Morgan fingerprint density at radius 3 is 2.65 bits per heavy atom. The molecule has 88 valence electrons. The molecule has 0 bridgehead atoms. The maximum Gasteiger partial charge on any atom is 0.0570 e. The third kappa shape index (κ3) is 2.60. The molecule has 0 amide bonds. The fourth-order valence-corrected chi connectivity index (χ4v) is 2.17. The number of benzene rings is 1. The summed E-state index contributed by atoms with van der Waals surface area (Å²) < 4.78 is 0. The maximum absolute atomic E-state index is 6.22. The van der Waals surface area contributed by atoms with Gasteiger partial charge in [-0.05, 0) is 47.9 Å². The van der Waals surface area contributed by atoms with Gasteiger partial charge in [0.2, 0.25) is 0 Å². The van der Waals surface area contributed by atoms with Gasteiger partial charge in [0.05, 0.1) is 6.04 Å². The zero-order valence-electron chi connectivity index (χ0n) is 9.32. The van der Waals surface area contributed by atoms with Crippen molar-refractivity contribution in [2.45, 2.75) is 13.0 Å². The zero-order valence-corrected chi connectivity index (χ0v) is 10.8. The minimum Gasteiger partial charge on any atom is -0.320 e. The van der Waals surface area contributed by atoms with Crippen LogP contribution in [-0.2, 0) is 0 Å². The number of hydrogen-bond donors (Lipinski definition) is 1. The molecule has 1 heterocycles. The highest BCUT2D eigenvalue weighted by molar-refractivity contribution is 6.33. The Kier molecular flexibility index (Phi) is 3.67. The number of nitrogens with two attached hydrogens (primary N) is 1. The van der Waals surface area contributed by atoms with Crippen LogP contribution in [0.25, 0.3) is 0 Å². The minimum atomic E-state index is -0.288. The first-order valence-electron chi connectivity index (χ1n) is 5.20. The summed E-state index contributed by atoms with van der Waals surface area (Å²) in [7, 11) is 0. The summed E-state index contributed by atoms with van der Waals surface area (Å²) in [5, 5.41) is 1.25. The van der Waals surface area contributed by atoms with Crippen molar-refractivity contribution in [3.05, 3.63) is 63.4 Å². The smallest absolute Gasteiger partial charge is 0.0570 e. The van der Waals surface area contributed by atoms with Gasteiger partial charge in [-0.1, -0.05) is 23.2 Å². The van der Waals surface area contributed by atoms with E-state index >= 15 is 0 Å². The van der Waals surface area contributed by atoms with Gasteiger partial charge in [0.15, 0.2) is 0 Å². The number of halogens is 2. The van der Waals surface area contributed by atoms with Crippen molar-refractivity contribution in [1.82, 2.24) is 4.98 Å². The molecule has 2 nitrogen and oxygen atoms in total. The van der Waals surface area contributed by atoms with Crippen molar-refractivity contribution in [3.63, 3.8) is 0 Å². The lowest BCUT2D eigenvalue weighted by atomic mass is 9.97. The Bertz CT molecular complexity index is 541. The van der Waals surface area contributed by atoms with Crippen LogP contribution >= 0.6 is 23.2 Å². The predicted molar refractivity (Wildman–Crippen MR) is 71.5 cm³/mol. The Morgan fingerprint density at radius 2 is 1.94 bits per heavy atom. The molecule has 0 aliphatic heterocycles. The molecule has 0 aliphatic carbocycles. The summed E-state index contributed by atoms with van der Waals surface area (Å²) in [6, 6.07) is 6.92. The molecule has 1 unspecified atom stereocenters. The highest BCUT2D eigenvalue weighted by atomic mass is 35.5. The molecule has 1 aromatic carbocycles. The predicted octanol–water partition coefficient (Wildman–Crippen LogP) is 3.74. The number of rotatable bonds is 2. The second-order valence-corrected chi connectivity index (χ2v) is 4.72. The van der Waals surface area contributed by atoms with Crippen LogP contribution in [0.1, 0.15) is 22.7 Å². The van der Waals surface area contributed by atoms with Gasteiger partial charge in [0, 0.05) is 22.4 Å². The maximum atomic E-state index is 6.22. The summed E-state index contributed by atoms with van der Waals surface area (Å²) in [5.74, 6) is 0. The first-order chi connectivity index (χ1) is 8.09. The van der Waals surface area contributed by atoms with Crippen molar-refractivity contribution < 1.29 is 0 Å². The third-order valence-corrected chi connectivity index (χ3v) is 3.27. The lowest BCUT2D eigenvalue weighted by Gasteiger charge is -2.16. The van der Waals surface area contributed by atoms with Crippen LogP contribution in [0.15, 0.2) is 36.7 Å². The van der Waals surface area contributed by atoms with Crippen LogP contribution in [0.3, 0.4) is 0 Å². The molecule has 0 spiro atoms. The molecule has 4 heteroatoms. The molecular weight excluding hydrogens is 255 g/mol. The Labute approximate surface area is 110 Å². The molecule has 0 saturated heterocycles. The van der Waals surface area contributed by atoms with E-state index in [1.807, 2.05) is 13.0 Å². The van der Waals surface area contributed by atoms with Gasteiger partial charge in [-0.15, -0.1) is 0 Å². The van der Waals surface area contributed by atoms with E-state index in [0.29, 0.717) is 10.0 Å². The molecular formula is C13H12Cl2N2. The molecule has 1 atom stereocenters. The highest BCUT2D eigenvalue weighted by Crippen LogP contribution is 2.30. The molecule has 2 rings (SSSR count). The molecule has 0 aliphatic rings. The van der Waals surface area contributed by atoms with Crippen LogP contribution < -0.4 is 5.73 Å². The minimum absolute atomic E-state index is 0.288. The number of pyridine rings is 1. The topological polar surface area (TPSA) is 38.9 Å². The van der Waals surface area contributed by atoms with Crippen molar-refractivity contribution in [1.29, 1.82) is 0 Å². The second kappa shape index (κ2) is 5.05. The van der Waals surface area contributed by atoms with E-state index < -0.39 is 0 Å². The zero-order chi connectivity index (χ0) is 12.4. The Balaban J connectivity index is 2.47. The summed E-state index contributed by atoms with van der Waals surface area (Å²) in [4.78, 5) is 4.05. The van der Waals surface area contributed by atoms with Gasteiger partial charge >= 0.3 is 0 Å². The van der Waals surface area contributed by atoms with E-state index in [1.165, 1.54) is 0 Å². The standard InChI is InChI=1S/C13H12Cl2N2/c1-8-7-17-5-4-10(8)13(16)11-6-9(14)2-3-12(11)15/h2-7,13H,16H2,1H3. The lowest BCUT2D eigenvalue weighted by molar-refractivity contribution is 0.857. The number of aromatic nitrogens is 1. The van der Waals surface area contributed by atoms with Gasteiger partial charge in [0.25, 0.3) is 0 Å². The van der Waals surface area contributed by atoms with Gasteiger partial charge in [-0.3, -0.25) is 4.98 Å². The van der Waals surface area contributed by atoms with Crippen molar-refractivity contribution in [2.24, 2.45) is 5.73 Å². The Hall–Kier alpha value is -1.09. The second-order valence-electron chi connectivity index (χ2n) is 3.88. The molecule has 2 N–H and O–H groups in total. The number of hydrogen-bond acceptors (Lipinski definition) is 2. The van der Waals surface area contributed by atoms with Crippen molar-refractivity contribution >= 4 is 23.2 Å². The van der Waals surface area contributed by atoms with Crippen LogP contribution in [0.2, 0.25) is 10.0 Å². The van der Waals surface area contributed by atoms with Crippen LogP contribution in [0, 0.1) is 6.92 Å². The fraction of sp³-hybridized carbons (Fsp3) is 0.154. The number of aryl methyl sites for hydroxylation is 1. The van der Waals surface area contributed by atoms with Crippen LogP contribution in [0.5, 0.6) is 0 Å². The summed E-state index contributed by atoms with van der Waals surface area (Å²) in [6.07, 6.45) is 3.51. The molecule has 0 fully saturated rings. The highest BCUT2D eigenvalue weighted by Gasteiger charge is 2.14. The van der Waals surface area contributed by atoms with Gasteiger partial charge in [-0.25, -0.2) is 0 Å². The lowest BCUT2D eigenvalue weighted by Crippen LogP contribution is -2.14. The van der Waals surface area contributed by atoms with Crippen molar-refractivity contribution in [3.8, 4) is 0 Å². The van der Waals surface area contributed by atoms with Gasteiger partial charge in [-0.2, -0.15) is 0 Å². The third-order valence-electron chi connectivity index (χ3n) is 2.69. The summed E-state index contributed by atoms with van der Waals surface area (Å²) in [5.41, 5.74) is 9.09. The quantitative estimate of drug-likeness (QED) is 0.900. The van der Waals surface area contributed by atoms with E-state index in [1.54, 1.807) is 30.6 Å². The molecule has 1 aromatic heterocycles. The van der Waals surface area contributed by atoms with Crippen molar-refractivity contribution in [2.75, 3.05) is 0 Å². The average Bonchev–Trinajstić information content (AvgIpc) is 2.32. The van der Waals surface area contributed by atoms with E-state index in [0.717, 1.165) is 16.7 Å².